The van der Waals surface area contributed by atoms with E-state index in [0.717, 1.165) is 11.3 Å². The molecule has 1 aliphatic rings. The Kier molecular flexibility index (Phi) is 3.50. The van der Waals surface area contributed by atoms with Gasteiger partial charge >= 0.3 is 0 Å². The monoisotopic (exact) mass is 248 g/mol. The van der Waals surface area contributed by atoms with E-state index in [1.165, 1.54) is 0 Å². The Morgan fingerprint density at radius 2 is 2.17 bits per heavy atom. The molecule has 96 valence electrons. The molecule has 2 rings (SSSR count). The standard InChI is InChI=1S/C13H16N2O3/c1-8-3-4-9(11(7-8)18-2)14-10-5-6-12(16)15-13(10)17/h3-4,7,10,14H,5-6H2,1-2H3,(H,15,16,17). The Balaban J connectivity index is 2.14. The Morgan fingerprint density at radius 1 is 1.39 bits per heavy atom. The van der Waals surface area contributed by atoms with Gasteiger partial charge in [-0.15, -0.1) is 0 Å². The average molecular weight is 248 g/mol. The molecule has 1 heterocycles. The number of amides is 2. The number of carbonyl (C=O) groups is 2. The third-order valence-corrected chi connectivity index (χ3v) is 2.93. The van der Waals surface area contributed by atoms with Crippen LogP contribution in [0.3, 0.4) is 0 Å². The van der Waals surface area contributed by atoms with Crippen molar-refractivity contribution in [3.05, 3.63) is 23.8 Å². The molecule has 2 amide bonds. The van der Waals surface area contributed by atoms with E-state index >= 15 is 0 Å². The second kappa shape index (κ2) is 5.08. The Bertz CT molecular complexity index is 485. The first-order chi connectivity index (χ1) is 8.60. The van der Waals surface area contributed by atoms with Gasteiger partial charge in [-0.1, -0.05) is 6.07 Å². The summed E-state index contributed by atoms with van der Waals surface area (Å²) in [6.07, 6.45) is 0.860. The van der Waals surface area contributed by atoms with Gasteiger partial charge in [0, 0.05) is 6.42 Å². The van der Waals surface area contributed by atoms with E-state index in [0.29, 0.717) is 18.6 Å². The van der Waals surface area contributed by atoms with E-state index in [9.17, 15) is 9.59 Å². The van der Waals surface area contributed by atoms with E-state index in [1.54, 1.807) is 7.11 Å². The summed E-state index contributed by atoms with van der Waals surface area (Å²) in [6.45, 7) is 1.97. The summed E-state index contributed by atoms with van der Waals surface area (Å²) in [6, 6.07) is 5.32. The molecule has 1 saturated heterocycles. The van der Waals surface area contributed by atoms with E-state index < -0.39 is 0 Å². The maximum Gasteiger partial charge on any atom is 0.249 e. The van der Waals surface area contributed by atoms with Crippen molar-refractivity contribution in [2.75, 3.05) is 12.4 Å². The minimum atomic E-state index is -0.390. The van der Waals surface area contributed by atoms with Crippen LogP contribution in [0.25, 0.3) is 0 Å². The van der Waals surface area contributed by atoms with Gasteiger partial charge in [-0.2, -0.15) is 0 Å². The summed E-state index contributed by atoms with van der Waals surface area (Å²) in [5.41, 5.74) is 1.85. The lowest BCUT2D eigenvalue weighted by Gasteiger charge is -2.23. The third-order valence-electron chi connectivity index (χ3n) is 2.93. The summed E-state index contributed by atoms with van der Waals surface area (Å²) < 4.78 is 5.26. The Labute approximate surface area is 106 Å². The average Bonchev–Trinajstić information content (AvgIpc) is 2.34. The number of nitrogens with one attached hydrogen (secondary N) is 2. The van der Waals surface area contributed by atoms with Gasteiger partial charge in [-0.05, 0) is 31.0 Å². The van der Waals surface area contributed by atoms with E-state index in [-0.39, 0.29) is 17.9 Å². The second-order valence-corrected chi connectivity index (χ2v) is 4.35. The van der Waals surface area contributed by atoms with Gasteiger partial charge in [0.25, 0.3) is 0 Å². The minimum Gasteiger partial charge on any atom is -0.495 e. The Hall–Kier alpha value is -2.04. The summed E-state index contributed by atoms with van der Waals surface area (Å²) in [7, 11) is 1.59. The number of hydrogen-bond donors (Lipinski definition) is 2. The predicted molar refractivity (Wildman–Crippen MR) is 67.5 cm³/mol. The van der Waals surface area contributed by atoms with Gasteiger partial charge in [-0.25, -0.2) is 0 Å². The molecular formula is C13H16N2O3. The smallest absolute Gasteiger partial charge is 0.249 e. The highest BCUT2D eigenvalue weighted by Gasteiger charge is 2.26. The van der Waals surface area contributed by atoms with Crippen LogP contribution in [0, 0.1) is 6.92 Å². The summed E-state index contributed by atoms with van der Waals surface area (Å²) >= 11 is 0. The fraction of sp³-hybridized carbons (Fsp3) is 0.385. The lowest BCUT2D eigenvalue weighted by atomic mass is 10.1. The largest absolute Gasteiger partial charge is 0.495 e. The maximum atomic E-state index is 11.6. The molecule has 5 heteroatoms. The van der Waals surface area contributed by atoms with Gasteiger partial charge in [0.1, 0.15) is 11.8 Å². The lowest BCUT2D eigenvalue weighted by Crippen LogP contribution is -2.47. The molecular weight excluding hydrogens is 232 g/mol. The van der Waals surface area contributed by atoms with Crippen molar-refractivity contribution in [2.24, 2.45) is 0 Å². The van der Waals surface area contributed by atoms with Crippen LogP contribution in [0.4, 0.5) is 5.69 Å². The number of ether oxygens (including phenoxy) is 1. The number of carbonyl (C=O) groups excluding carboxylic acids is 2. The fourth-order valence-corrected chi connectivity index (χ4v) is 1.94. The molecule has 2 N–H and O–H groups in total. The number of benzene rings is 1. The first kappa shape index (κ1) is 12.4. The van der Waals surface area contributed by atoms with Gasteiger partial charge in [0.05, 0.1) is 12.8 Å². The molecule has 0 radical (unpaired) electrons. The van der Waals surface area contributed by atoms with Crippen molar-refractivity contribution in [3.63, 3.8) is 0 Å². The van der Waals surface area contributed by atoms with Gasteiger partial charge in [0.2, 0.25) is 11.8 Å². The van der Waals surface area contributed by atoms with Crippen LogP contribution >= 0.6 is 0 Å². The number of methoxy groups -OCH3 is 1. The van der Waals surface area contributed by atoms with Crippen LogP contribution in [0.2, 0.25) is 0 Å². The van der Waals surface area contributed by atoms with Crippen molar-refractivity contribution in [2.45, 2.75) is 25.8 Å². The fourth-order valence-electron chi connectivity index (χ4n) is 1.94. The van der Waals surface area contributed by atoms with Crippen LogP contribution in [0.15, 0.2) is 18.2 Å². The van der Waals surface area contributed by atoms with Crippen molar-refractivity contribution < 1.29 is 14.3 Å². The normalized spacial score (nSPS) is 19.3. The number of imide groups is 1. The minimum absolute atomic E-state index is 0.214. The molecule has 18 heavy (non-hydrogen) atoms. The molecule has 1 atom stereocenters. The SMILES string of the molecule is COc1cc(C)ccc1NC1CCC(=O)NC1=O. The summed E-state index contributed by atoms with van der Waals surface area (Å²) in [5.74, 6) is 0.197. The molecule has 5 nitrogen and oxygen atoms in total. The first-order valence-corrected chi connectivity index (χ1v) is 5.85. The number of hydrogen-bond acceptors (Lipinski definition) is 4. The van der Waals surface area contributed by atoms with Gasteiger partial charge in [0.15, 0.2) is 0 Å². The van der Waals surface area contributed by atoms with Crippen molar-refractivity contribution in [1.29, 1.82) is 0 Å². The highest BCUT2D eigenvalue weighted by molar-refractivity contribution is 6.01. The van der Waals surface area contributed by atoms with Crippen molar-refractivity contribution >= 4 is 17.5 Å². The van der Waals surface area contributed by atoms with E-state index in [1.807, 2.05) is 25.1 Å². The van der Waals surface area contributed by atoms with Crippen molar-refractivity contribution in [1.82, 2.24) is 5.32 Å². The maximum absolute atomic E-state index is 11.6. The van der Waals surface area contributed by atoms with Crippen LogP contribution in [-0.2, 0) is 9.59 Å². The molecule has 1 aromatic rings. The van der Waals surface area contributed by atoms with Crippen LogP contribution in [0.1, 0.15) is 18.4 Å². The van der Waals surface area contributed by atoms with E-state index in [4.69, 9.17) is 4.74 Å². The number of anilines is 1. The first-order valence-electron chi connectivity index (χ1n) is 5.85. The molecule has 0 spiro atoms. The molecule has 1 aliphatic heterocycles. The molecule has 1 fully saturated rings. The molecule has 0 aliphatic carbocycles. The zero-order valence-corrected chi connectivity index (χ0v) is 10.4. The highest BCUT2D eigenvalue weighted by atomic mass is 16.5. The van der Waals surface area contributed by atoms with Crippen LogP contribution in [-0.4, -0.2) is 25.0 Å². The lowest BCUT2D eigenvalue weighted by molar-refractivity contribution is -0.133. The van der Waals surface area contributed by atoms with Crippen LogP contribution in [0.5, 0.6) is 5.75 Å². The highest BCUT2D eigenvalue weighted by Crippen LogP contribution is 2.26. The zero-order valence-electron chi connectivity index (χ0n) is 10.4. The van der Waals surface area contributed by atoms with Crippen molar-refractivity contribution in [3.8, 4) is 5.75 Å². The zero-order chi connectivity index (χ0) is 13.1. The van der Waals surface area contributed by atoms with Gasteiger partial charge in [-0.3, -0.25) is 14.9 Å². The van der Waals surface area contributed by atoms with Crippen LogP contribution < -0.4 is 15.4 Å². The third kappa shape index (κ3) is 2.61. The molecule has 0 bridgehead atoms. The topological polar surface area (TPSA) is 67.4 Å². The number of rotatable bonds is 3. The molecule has 1 aromatic carbocycles. The molecule has 1 unspecified atom stereocenters. The molecule has 0 aromatic heterocycles. The number of aryl methyl sites for hydroxylation is 1. The summed E-state index contributed by atoms with van der Waals surface area (Å²) in [5, 5.41) is 5.43. The predicted octanol–water partition coefficient (Wildman–Crippen LogP) is 1.22. The Morgan fingerprint density at radius 3 is 2.83 bits per heavy atom. The second-order valence-electron chi connectivity index (χ2n) is 4.35. The van der Waals surface area contributed by atoms with E-state index in [2.05, 4.69) is 10.6 Å². The number of piperidine rings is 1. The quantitative estimate of drug-likeness (QED) is 0.789. The van der Waals surface area contributed by atoms with Gasteiger partial charge < -0.3 is 10.1 Å². The summed E-state index contributed by atoms with van der Waals surface area (Å²) in [4.78, 5) is 22.7. The molecule has 0 saturated carbocycles.